The maximum Gasteiger partial charge on any atom is 0.189 e. The molecule has 0 aromatic rings. The van der Waals surface area contributed by atoms with E-state index in [2.05, 4.69) is 0 Å². The lowest BCUT2D eigenvalue weighted by Crippen LogP contribution is -2.61. The molecule has 8 atom stereocenters. The minimum absolute atomic E-state index is 0.726. The fourth-order valence-corrected chi connectivity index (χ4v) is 2.09. The summed E-state index contributed by atoms with van der Waals surface area (Å²) in [5, 5.41) is 75.1. The molecule has 0 spiro atoms. The van der Waals surface area contributed by atoms with Gasteiger partial charge in [0.1, 0.15) is 49.3 Å². The fraction of sp³-hybridized carbons (Fsp3) is 0.917. The molecule has 0 saturated carbocycles. The number of aliphatic hydroxyl groups is 8. The summed E-state index contributed by atoms with van der Waals surface area (Å²) in [6, 6.07) is 0. The lowest BCUT2D eigenvalue weighted by atomic mass is 9.98. The molecule has 0 amide bonds. The quantitative estimate of drug-likeness (QED) is 0.209. The van der Waals surface area contributed by atoms with E-state index in [0.29, 0.717) is 0 Å². The zero-order valence-corrected chi connectivity index (χ0v) is 12.0. The second kappa shape index (κ2) is 8.94. The Morgan fingerprint density at radius 3 is 2.13 bits per heavy atom. The highest BCUT2D eigenvalue weighted by Gasteiger charge is 2.46. The number of hydrogen-bond acceptors (Lipinski definition) is 11. The molecule has 1 rings (SSSR count). The van der Waals surface area contributed by atoms with Gasteiger partial charge in [-0.1, -0.05) is 0 Å². The van der Waals surface area contributed by atoms with Gasteiger partial charge in [0.2, 0.25) is 0 Å². The summed E-state index contributed by atoms with van der Waals surface area (Å²) in [5.41, 5.74) is 0. The molecule has 1 heterocycles. The average Bonchev–Trinajstić information content (AvgIpc) is 2.57. The van der Waals surface area contributed by atoms with Crippen LogP contribution in [0, 0.1) is 0 Å². The van der Waals surface area contributed by atoms with E-state index in [1.165, 1.54) is 0 Å². The highest BCUT2D eigenvalue weighted by molar-refractivity contribution is 5.84. The van der Waals surface area contributed by atoms with Crippen molar-refractivity contribution in [1.29, 1.82) is 0 Å². The predicted molar refractivity (Wildman–Crippen MR) is 69.8 cm³/mol. The third kappa shape index (κ3) is 4.64. The van der Waals surface area contributed by atoms with Gasteiger partial charge < -0.3 is 50.3 Å². The lowest BCUT2D eigenvalue weighted by molar-refractivity contribution is -0.323. The van der Waals surface area contributed by atoms with Gasteiger partial charge in [-0.2, -0.15) is 0 Å². The van der Waals surface area contributed by atoms with Crippen LogP contribution in [0.1, 0.15) is 0 Å². The van der Waals surface area contributed by atoms with Crippen molar-refractivity contribution in [2.45, 2.75) is 49.0 Å². The molecule has 0 bridgehead atoms. The second-order valence-corrected chi connectivity index (χ2v) is 5.12. The van der Waals surface area contributed by atoms with Crippen molar-refractivity contribution in [3.8, 4) is 0 Å². The molecule has 0 aromatic carbocycles. The molecule has 3 unspecified atom stereocenters. The minimum Gasteiger partial charge on any atom is -0.394 e. The van der Waals surface area contributed by atoms with Crippen LogP contribution in [0.4, 0.5) is 0 Å². The molecule has 11 heteroatoms. The van der Waals surface area contributed by atoms with Crippen LogP contribution in [0.2, 0.25) is 0 Å². The van der Waals surface area contributed by atoms with Crippen molar-refractivity contribution in [3.05, 3.63) is 0 Å². The first-order valence-corrected chi connectivity index (χ1v) is 6.85. The molecule has 11 nitrogen and oxygen atoms in total. The number of ketones is 1. The third-order valence-corrected chi connectivity index (χ3v) is 3.50. The van der Waals surface area contributed by atoms with Crippen LogP contribution in [0.3, 0.4) is 0 Å². The third-order valence-electron chi connectivity index (χ3n) is 3.50. The van der Waals surface area contributed by atoms with Crippen molar-refractivity contribution in [1.82, 2.24) is 0 Å². The average molecular weight is 342 g/mol. The number of carbonyl (C=O) groups is 1. The molecule has 1 fully saturated rings. The van der Waals surface area contributed by atoms with E-state index in [1.807, 2.05) is 0 Å². The molecule has 136 valence electrons. The monoisotopic (exact) mass is 342 g/mol. The van der Waals surface area contributed by atoms with E-state index < -0.39 is 74.6 Å². The van der Waals surface area contributed by atoms with E-state index in [1.54, 1.807) is 0 Å². The number of Topliss-reactive ketones (excluding diaryl/α,β-unsaturated/α-hetero) is 1. The van der Waals surface area contributed by atoms with Gasteiger partial charge in [0.15, 0.2) is 12.1 Å². The first kappa shape index (κ1) is 20.3. The van der Waals surface area contributed by atoms with Gasteiger partial charge in [0, 0.05) is 0 Å². The lowest BCUT2D eigenvalue weighted by Gasteiger charge is -2.41. The Hall–Kier alpha value is -0.730. The molecular formula is C12H22O11. The Labute approximate surface area is 130 Å². The van der Waals surface area contributed by atoms with E-state index in [4.69, 9.17) is 24.8 Å². The Bertz CT molecular complexity index is 376. The van der Waals surface area contributed by atoms with E-state index in [0.717, 1.165) is 0 Å². The molecule has 1 aliphatic heterocycles. The van der Waals surface area contributed by atoms with Crippen LogP contribution in [0.5, 0.6) is 0 Å². The van der Waals surface area contributed by atoms with Crippen LogP contribution in [-0.4, -0.2) is 115 Å². The summed E-state index contributed by atoms with van der Waals surface area (Å²) in [5.74, 6) is -1.12. The Morgan fingerprint density at radius 1 is 1.04 bits per heavy atom. The molecule has 0 aromatic heterocycles. The van der Waals surface area contributed by atoms with Crippen LogP contribution < -0.4 is 0 Å². The SMILES string of the molecule is O=C(CO)C(O)C(O[C@@H]1O[C@H](CO)[C@H](O)[C@H](O)[C@H]1O)C(O)CO. The van der Waals surface area contributed by atoms with Gasteiger partial charge in [0.05, 0.1) is 13.2 Å². The standard InChI is InChI=1S/C12H22O11/c13-1-4(16)7(18)11(5(17)2-14)23-12-10(21)9(20)8(19)6(3-15)22-12/h5-15,17-21H,1-3H2/t5?,6-,7?,8+,9+,10-,11?,12+/m1/s1. The molecule has 0 aliphatic carbocycles. The first-order chi connectivity index (χ1) is 10.8. The number of rotatable bonds is 8. The first-order valence-electron chi connectivity index (χ1n) is 6.85. The summed E-state index contributed by atoms with van der Waals surface area (Å²) < 4.78 is 10.1. The molecule has 1 saturated heterocycles. The van der Waals surface area contributed by atoms with Gasteiger partial charge in [-0.15, -0.1) is 0 Å². The molecular weight excluding hydrogens is 320 g/mol. The summed E-state index contributed by atoms with van der Waals surface area (Å²) >= 11 is 0. The Morgan fingerprint density at radius 2 is 1.65 bits per heavy atom. The van der Waals surface area contributed by atoms with E-state index in [-0.39, 0.29) is 0 Å². The van der Waals surface area contributed by atoms with Crippen molar-refractivity contribution < 1.29 is 55.1 Å². The van der Waals surface area contributed by atoms with Crippen molar-refractivity contribution in [2.24, 2.45) is 0 Å². The van der Waals surface area contributed by atoms with Gasteiger partial charge >= 0.3 is 0 Å². The van der Waals surface area contributed by atoms with Crippen LogP contribution in [0.15, 0.2) is 0 Å². The smallest absolute Gasteiger partial charge is 0.189 e. The normalized spacial score (nSPS) is 35.6. The van der Waals surface area contributed by atoms with Gasteiger partial charge in [-0.05, 0) is 0 Å². The summed E-state index contributed by atoms with van der Waals surface area (Å²) in [6.45, 7) is -2.71. The van der Waals surface area contributed by atoms with Gasteiger partial charge in [0.25, 0.3) is 0 Å². The topological polar surface area (TPSA) is 197 Å². The van der Waals surface area contributed by atoms with Gasteiger partial charge in [-0.3, -0.25) is 4.79 Å². The number of aliphatic hydroxyl groups excluding tert-OH is 8. The van der Waals surface area contributed by atoms with Crippen molar-refractivity contribution >= 4 is 5.78 Å². The largest absolute Gasteiger partial charge is 0.394 e. The zero-order valence-electron chi connectivity index (χ0n) is 12.0. The fourth-order valence-electron chi connectivity index (χ4n) is 2.09. The molecule has 23 heavy (non-hydrogen) atoms. The number of ether oxygens (including phenoxy) is 2. The van der Waals surface area contributed by atoms with Crippen LogP contribution >= 0.6 is 0 Å². The highest BCUT2D eigenvalue weighted by atomic mass is 16.7. The summed E-state index contributed by atoms with van der Waals surface area (Å²) in [7, 11) is 0. The van der Waals surface area contributed by atoms with Crippen LogP contribution in [-0.2, 0) is 14.3 Å². The van der Waals surface area contributed by atoms with Crippen molar-refractivity contribution in [3.63, 3.8) is 0 Å². The maximum absolute atomic E-state index is 11.3. The minimum atomic E-state index is -2.05. The maximum atomic E-state index is 11.3. The summed E-state index contributed by atoms with van der Waals surface area (Å²) in [4.78, 5) is 11.3. The zero-order chi connectivity index (χ0) is 17.7. The Kier molecular flexibility index (Phi) is 7.89. The molecule has 0 radical (unpaired) electrons. The van der Waals surface area contributed by atoms with E-state index in [9.17, 15) is 30.3 Å². The molecule has 8 N–H and O–H groups in total. The van der Waals surface area contributed by atoms with E-state index >= 15 is 0 Å². The highest BCUT2D eigenvalue weighted by Crippen LogP contribution is 2.24. The number of hydrogen-bond donors (Lipinski definition) is 8. The second-order valence-electron chi connectivity index (χ2n) is 5.12. The van der Waals surface area contributed by atoms with Crippen LogP contribution in [0.25, 0.3) is 0 Å². The summed E-state index contributed by atoms with van der Waals surface area (Å²) in [6.07, 6.45) is -13.8. The van der Waals surface area contributed by atoms with Gasteiger partial charge in [-0.25, -0.2) is 0 Å². The Balaban J connectivity index is 2.91. The molecule has 1 aliphatic rings. The predicted octanol–water partition coefficient (Wildman–Crippen LogP) is -5.55. The number of carbonyl (C=O) groups excluding carboxylic acids is 1. The van der Waals surface area contributed by atoms with Crippen molar-refractivity contribution in [2.75, 3.05) is 19.8 Å².